The number of piperidine rings is 1. The normalized spacial score (nSPS) is 16.5. The van der Waals surface area contributed by atoms with E-state index >= 15 is 0 Å². The van der Waals surface area contributed by atoms with Crippen molar-refractivity contribution >= 4 is 24.0 Å². The minimum Gasteiger partial charge on any atom is -0.435 e. The lowest BCUT2D eigenvalue weighted by Crippen LogP contribution is -2.47. The summed E-state index contributed by atoms with van der Waals surface area (Å²) in [6, 6.07) is 5.99. The Morgan fingerprint density at radius 2 is 2.09 bits per heavy atom. The van der Waals surface area contributed by atoms with E-state index in [1.807, 2.05) is 0 Å². The van der Waals surface area contributed by atoms with E-state index in [1.165, 1.54) is 12.1 Å². The van der Waals surface area contributed by atoms with Crippen LogP contribution in [-0.4, -0.2) is 39.3 Å². The molecule has 1 aliphatic rings. The van der Waals surface area contributed by atoms with E-state index in [-0.39, 0.29) is 24.1 Å². The van der Waals surface area contributed by atoms with Crippen LogP contribution in [0.2, 0.25) is 0 Å². The van der Waals surface area contributed by atoms with Gasteiger partial charge in [0.05, 0.1) is 12.0 Å². The molecule has 1 aliphatic heterocycles. The first-order valence-electron chi connectivity index (χ1n) is 7.12. The van der Waals surface area contributed by atoms with Gasteiger partial charge in [-0.1, -0.05) is 6.07 Å². The number of nitrogens with one attached hydrogen (secondary N) is 2. The molecule has 0 aromatic heterocycles. The van der Waals surface area contributed by atoms with Crippen molar-refractivity contribution in [3.63, 3.8) is 0 Å². The fraction of sp³-hybridized carbons (Fsp3) is 0.533. The van der Waals surface area contributed by atoms with Gasteiger partial charge in [0.2, 0.25) is 5.91 Å². The monoisotopic (exact) mass is 350 g/mol. The van der Waals surface area contributed by atoms with Crippen LogP contribution < -0.4 is 15.4 Å². The predicted molar refractivity (Wildman–Crippen MR) is 85.4 cm³/mol. The van der Waals surface area contributed by atoms with E-state index in [9.17, 15) is 13.6 Å². The Morgan fingerprint density at radius 1 is 1.39 bits per heavy atom. The first-order valence-corrected chi connectivity index (χ1v) is 7.12. The van der Waals surface area contributed by atoms with Crippen LogP contribution in [0.1, 0.15) is 12.8 Å². The predicted octanol–water partition coefficient (Wildman–Crippen LogP) is 2.66. The molecule has 1 saturated heterocycles. The Balaban J connectivity index is 0.00000264. The summed E-state index contributed by atoms with van der Waals surface area (Å²) in [4.78, 5) is 12.6. The minimum atomic E-state index is -2.89. The van der Waals surface area contributed by atoms with Crippen LogP contribution in [0.15, 0.2) is 24.3 Å². The van der Waals surface area contributed by atoms with Crippen LogP contribution >= 0.6 is 12.4 Å². The molecular formula is C15H21ClF2N2O3. The quantitative estimate of drug-likeness (QED) is 0.828. The second-order valence-electron chi connectivity index (χ2n) is 5.32. The molecule has 2 N–H and O–H groups in total. The Hall–Kier alpha value is -1.44. The second kappa shape index (κ2) is 9.00. The molecular weight excluding hydrogens is 330 g/mol. The molecule has 0 bridgehead atoms. The van der Waals surface area contributed by atoms with Gasteiger partial charge in [0.25, 0.3) is 0 Å². The number of carbonyl (C=O) groups is 1. The summed E-state index contributed by atoms with van der Waals surface area (Å²) in [6.07, 6.45) is 1.33. The minimum absolute atomic E-state index is 0. The molecule has 1 heterocycles. The summed E-state index contributed by atoms with van der Waals surface area (Å²) < 4.78 is 34.0. The highest BCUT2D eigenvalue weighted by atomic mass is 35.5. The number of alkyl halides is 2. The number of anilines is 1. The van der Waals surface area contributed by atoms with E-state index in [1.54, 1.807) is 19.2 Å². The number of amides is 1. The highest BCUT2D eigenvalue weighted by Crippen LogP contribution is 2.31. The molecule has 0 atom stereocenters. The Kier molecular flexibility index (Phi) is 7.67. The second-order valence-corrected chi connectivity index (χ2v) is 5.32. The summed E-state index contributed by atoms with van der Waals surface area (Å²) in [6.45, 7) is -1.08. The van der Waals surface area contributed by atoms with Crippen molar-refractivity contribution in [3.8, 4) is 5.75 Å². The van der Waals surface area contributed by atoms with E-state index < -0.39 is 12.0 Å². The molecule has 1 aromatic carbocycles. The van der Waals surface area contributed by atoms with Crippen LogP contribution in [0.25, 0.3) is 0 Å². The number of carbonyl (C=O) groups excluding carboxylic acids is 1. The van der Waals surface area contributed by atoms with E-state index in [4.69, 9.17) is 4.74 Å². The van der Waals surface area contributed by atoms with Gasteiger partial charge in [-0.05, 0) is 38.1 Å². The van der Waals surface area contributed by atoms with Crippen molar-refractivity contribution in [2.24, 2.45) is 5.41 Å². The molecule has 1 aromatic rings. The molecule has 1 fully saturated rings. The van der Waals surface area contributed by atoms with Gasteiger partial charge >= 0.3 is 6.61 Å². The van der Waals surface area contributed by atoms with Gasteiger partial charge in [-0.2, -0.15) is 8.78 Å². The fourth-order valence-electron chi connectivity index (χ4n) is 2.63. The first-order chi connectivity index (χ1) is 10.6. The molecule has 1 amide bonds. The number of benzene rings is 1. The molecule has 130 valence electrons. The van der Waals surface area contributed by atoms with Gasteiger partial charge in [0.1, 0.15) is 5.75 Å². The van der Waals surface area contributed by atoms with Crippen molar-refractivity contribution in [2.45, 2.75) is 19.5 Å². The van der Waals surface area contributed by atoms with Gasteiger partial charge in [-0.25, -0.2) is 0 Å². The third-order valence-corrected chi connectivity index (χ3v) is 3.78. The lowest BCUT2D eigenvalue weighted by molar-refractivity contribution is -0.130. The summed E-state index contributed by atoms with van der Waals surface area (Å²) in [7, 11) is 1.56. The topological polar surface area (TPSA) is 59.6 Å². The van der Waals surface area contributed by atoms with Gasteiger partial charge in [-0.15, -0.1) is 12.4 Å². The average Bonchev–Trinajstić information content (AvgIpc) is 2.48. The van der Waals surface area contributed by atoms with Crippen molar-refractivity contribution in [3.05, 3.63) is 24.3 Å². The smallest absolute Gasteiger partial charge is 0.387 e. The summed E-state index contributed by atoms with van der Waals surface area (Å²) in [5.74, 6) is -0.149. The van der Waals surface area contributed by atoms with Gasteiger partial charge in [0, 0.05) is 18.9 Å². The first kappa shape index (κ1) is 19.6. The SMILES string of the molecule is COCC1(C(=O)Nc2cccc(OC(F)F)c2)CCNCC1.Cl. The van der Waals surface area contributed by atoms with Crippen molar-refractivity contribution in [1.29, 1.82) is 0 Å². The molecule has 0 saturated carbocycles. The van der Waals surface area contributed by atoms with E-state index in [2.05, 4.69) is 15.4 Å². The molecule has 8 heteroatoms. The van der Waals surface area contributed by atoms with Crippen LogP contribution in [0.4, 0.5) is 14.5 Å². The zero-order valence-electron chi connectivity index (χ0n) is 12.8. The third kappa shape index (κ3) is 5.30. The van der Waals surface area contributed by atoms with Gasteiger partial charge in [0.15, 0.2) is 0 Å². The van der Waals surface area contributed by atoms with Crippen LogP contribution in [-0.2, 0) is 9.53 Å². The highest BCUT2D eigenvalue weighted by Gasteiger charge is 2.39. The third-order valence-electron chi connectivity index (χ3n) is 3.78. The molecule has 23 heavy (non-hydrogen) atoms. The van der Waals surface area contributed by atoms with Crippen LogP contribution in [0.3, 0.4) is 0 Å². The lowest BCUT2D eigenvalue weighted by atomic mass is 9.78. The maximum absolute atomic E-state index is 12.6. The molecule has 0 unspecified atom stereocenters. The molecule has 0 aliphatic carbocycles. The highest BCUT2D eigenvalue weighted by molar-refractivity contribution is 5.95. The molecule has 5 nitrogen and oxygen atoms in total. The number of ether oxygens (including phenoxy) is 2. The van der Waals surface area contributed by atoms with E-state index in [0.717, 1.165) is 13.1 Å². The van der Waals surface area contributed by atoms with Crippen molar-refractivity contribution < 1.29 is 23.0 Å². The maximum Gasteiger partial charge on any atom is 0.387 e. The summed E-state index contributed by atoms with van der Waals surface area (Å²) in [5.41, 5.74) is -0.170. The lowest BCUT2D eigenvalue weighted by Gasteiger charge is -2.35. The molecule has 0 spiro atoms. The van der Waals surface area contributed by atoms with Gasteiger partial charge in [-0.3, -0.25) is 4.79 Å². The Labute approximate surface area is 140 Å². The molecule has 2 rings (SSSR count). The Morgan fingerprint density at radius 3 is 2.70 bits per heavy atom. The fourth-order valence-corrected chi connectivity index (χ4v) is 2.63. The number of hydrogen-bond acceptors (Lipinski definition) is 4. The Bertz CT molecular complexity index is 506. The van der Waals surface area contributed by atoms with Crippen LogP contribution in [0, 0.1) is 5.41 Å². The zero-order valence-corrected chi connectivity index (χ0v) is 13.6. The summed E-state index contributed by atoms with van der Waals surface area (Å²) in [5, 5.41) is 5.99. The number of methoxy groups -OCH3 is 1. The maximum atomic E-state index is 12.6. The van der Waals surface area contributed by atoms with Crippen LogP contribution in [0.5, 0.6) is 5.75 Å². The largest absolute Gasteiger partial charge is 0.435 e. The van der Waals surface area contributed by atoms with Crippen molar-refractivity contribution in [1.82, 2.24) is 5.32 Å². The zero-order chi connectivity index (χ0) is 16.0. The van der Waals surface area contributed by atoms with Crippen molar-refractivity contribution in [2.75, 3.05) is 32.1 Å². The standard InChI is InChI=1S/C15H20F2N2O3.ClH/c1-21-10-15(5-7-18-8-6-15)13(20)19-11-3-2-4-12(9-11)22-14(16)17;/h2-4,9,14,18H,5-8,10H2,1H3,(H,19,20);1H. The average molecular weight is 351 g/mol. The number of rotatable bonds is 6. The summed E-state index contributed by atoms with van der Waals surface area (Å²) >= 11 is 0. The molecule has 0 radical (unpaired) electrons. The number of halogens is 3. The van der Waals surface area contributed by atoms with Gasteiger partial charge < -0.3 is 20.1 Å². The number of hydrogen-bond donors (Lipinski definition) is 2. The van der Waals surface area contributed by atoms with E-state index in [0.29, 0.717) is 25.1 Å².